The molecule has 2 aromatic carbocycles. The number of sulfonamides is 1. The zero-order valence-electron chi connectivity index (χ0n) is 15.8. The van der Waals surface area contributed by atoms with Crippen molar-refractivity contribution in [2.75, 3.05) is 4.72 Å². The fraction of sp³-hybridized carbons (Fsp3) is 0.300. The van der Waals surface area contributed by atoms with Gasteiger partial charge in [-0.3, -0.25) is 9.52 Å². The Morgan fingerprint density at radius 2 is 1.97 bits per heavy atom. The first-order valence-corrected chi connectivity index (χ1v) is 11.4. The van der Waals surface area contributed by atoms with Crippen LogP contribution >= 0.6 is 23.2 Å². The topological polar surface area (TPSA) is 87.6 Å². The van der Waals surface area contributed by atoms with Crippen LogP contribution in [0.1, 0.15) is 43.0 Å². The van der Waals surface area contributed by atoms with Crippen molar-refractivity contribution in [3.05, 3.63) is 58.1 Å². The van der Waals surface area contributed by atoms with E-state index in [9.17, 15) is 13.2 Å². The predicted octanol–water partition coefficient (Wildman–Crippen LogP) is 5.09. The Balaban J connectivity index is 1.76. The van der Waals surface area contributed by atoms with Gasteiger partial charge >= 0.3 is 0 Å². The van der Waals surface area contributed by atoms with E-state index in [1.807, 2.05) is 0 Å². The van der Waals surface area contributed by atoms with Crippen molar-refractivity contribution in [2.45, 2.75) is 37.5 Å². The van der Waals surface area contributed by atoms with Gasteiger partial charge in [0.05, 0.1) is 15.6 Å². The minimum absolute atomic E-state index is 0.0693. The van der Waals surface area contributed by atoms with Crippen molar-refractivity contribution in [1.82, 2.24) is 5.43 Å². The van der Waals surface area contributed by atoms with Gasteiger partial charge in [-0.1, -0.05) is 36.2 Å². The molecule has 1 saturated carbocycles. The van der Waals surface area contributed by atoms with Gasteiger partial charge in [0, 0.05) is 16.3 Å². The summed E-state index contributed by atoms with van der Waals surface area (Å²) >= 11 is 11.9. The number of halogens is 2. The van der Waals surface area contributed by atoms with E-state index in [2.05, 4.69) is 22.2 Å². The maximum atomic E-state index is 12.7. The maximum absolute atomic E-state index is 12.7. The summed E-state index contributed by atoms with van der Waals surface area (Å²) in [5, 5.41) is 4.77. The molecule has 1 amide bonds. The van der Waals surface area contributed by atoms with E-state index in [4.69, 9.17) is 23.2 Å². The summed E-state index contributed by atoms with van der Waals surface area (Å²) in [6.07, 6.45) is 3.94. The van der Waals surface area contributed by atoms with Crippen LogP contribution in [-0.2, 0) is 10.0 Å². The second-order valence-corrected chi connectivity index (χ2v) is 9.60. The Hall–Kier alpha value is -2.09. The van der Waals surface area contributed by atoms with Gasteiger partial charge in [-0.05, 0) is 68.0 Å². The zero-order chi connectivity index (χ0) is 21.0. The number of hydrogen-bond donors (Lipinski definition) is 2. The molecule has 9 heteroatoms. The number of nitrogens with one attached hydrogen (secondary N) is 2. The van der Waals surface area contributed by atoms with Crippen LogP contribution in [0.15, 0.2) is 52.5 Å². The molecule has 1 unspecified atom stereocenters. The average molecular weight is 454 g/mol. The highest BCUT2D eigenvalue weighted by Gasteiger charge is 2.19. The molecule has 154 valence electrons. The lowest BCUT2D eigenvalue weighted by atomic mass is 9.89. The van der Waals surface area contributed by atoms with Crippen molar-refractivity contribution in [1.29, 1.82) is 0 Å². The number of anilines is 1. The maximum Gasteiger partial charge on any atom is 0.271 e. The van der Waals surface area contributed by atoms with Crippen molar-refractivity contribution < 1.29 is 13.2 Å². The highest BCUT2D eigenvalue weighted by molar-refractivity contribution is 7.92. The molecular weight excluding hydrogens is 433 g/mol. The van der Waals surface area contributed by atoms with Crippen molar-refractivity contribution >= 4 is 50.5 Å². The summed E-state index contributed by atoms with van der Waals surface area (Å²) in [5.41, 5.74) is 3.84. The molecule has 1 fully saturated rings. The Kier molecular flexibility index (Phi) is 6.82. The van der Waals surface area contributed by atoms with Crippen LogP contribution in [0.3, 0.4) is 0 Å². The number of benzene rings is 2. The van der Waals surface area contributed by atoms with Gasteiger partial charge in [0.1, 0.15) is 0 Å². The van der Waals surface area contributed by atoms with Crippen LogP contribution in [0.2, 0.25) is 10.0 Å². The van der Waals surface area contributed by atoms with Gasteiger partial charge in [0.2, 0.25) is 0 Å². The van der Waals surface area contributed by atoms with Crippen LogP contribution < -0.4 is 10.1 Å². The number of rotatable bonds is 5. The predicted molar refractivity (Wildman–Crippen MR) is 116 cm³/mol. The number of carbonyl (C=O) groups excluding carboxylic acids is 1. The minimum Gasteiger partial charge on any atom is -0.278 e. The van der Waals surface area contributed by atoms with Crippen molar-refractivity contribution in [2.24, 2.45) is 11.0 Å². The van der Waals surface area contributed by atoms with E-state index >= 15 is 0 Å². The van der Waals surface area contributed by atoms with Crippen LogP contribution in [0.5, 0.6) is 0 Å². The van der Waals surface area contributed by atoms with Crippen LogP contribution in [0.4, 0.5) is 5.69 Å². The summed E-state index contributed by atoms with van der Waals surface area (Å²) in [6.45, 7) is 2.16. The first kappa shape index (κ1) is 21.6. The molecule has 1 aliphatic carbocycles. The highest BCUT2D eigenvalue weighted by Crippen LogP contribution is 2.28. The molecule has 2 N–H and O–H groups in total. The fourth-order valence-electron chi connectivity index (χ4n) is 3.14. The molecule has 0 spiro atoms. The average Bonchev–Trinajstić information content (AvgIpc) is 2.69. The standard InChI is InChI=1S/C20H21Cl2N3O3S/c1-13-4-2-6-16(10-13)23-24-20(26)14-5-3-7-17(11-14)29(27,28)25-19-12-15(21)8-9-18(19)22/h3,5,7-9,11-13,25H,2,4,6,10H2,1H3,(H,24,26)/b23-16+. The number of hydrazone groups is 1. The van der Waals surface area contributed by atoms with E-state index < -0.39 is 15.9 Å². The first-order valence-electron chi connectivity index (χ1n) is 9.18. The van der Waals surface area contributed by atoms with E-state index in [1.54, 1.807) is 6.07 Å². The lowest BCUT2D eigenvalue weighted by molar-refractivity contribution is 0.0954. The Bertz CT molecular complexity index is 1050. The van der Waals surface area contributed by atoms with E-state index in [0.29, 0.717) is 10.9 Å². The third-order valence-corrected chi connectivity index (χ3v) is 6.57. The zero-order valence-corrected chi connectivity index (χ0v) is 18.1. The molecular formula is C20H21Cl2N3O3S. The summed E-state index contributed by atoms with van der Waals surface area (Å²) in [5.74, 6) is 0.0887. The quantitative estimate of drug-likeness (QED) is 0.617. The van der Waals surface area contributed by atoms with Crippen molar-refractivity contribution in [3.8, 4) is 0 Å². The van der Waals surface area contributed by atoms with E-state index in [1.165, 1.54) is 36.4 Å². The van der Waals surface area contributed by atoms with Gasteiger partial charge in [-0.25, -0.2) is 13.8 Å². The molecule has 0 aromatic heterocycles. The minimum atomic E-state index is -3.96. The van der Waals surface area contributed by atoms with Gasteiger partial charge in [0.15, 0.2) is 0 Å². The third-order valence-electron chi connectivity index (χ3n) is 4.64. The summed E-state index contributed by atoms with van der Waals surface area (Å²) in [6, 6.07) is 10.2. The first-order chi connectivity index (χ1) is 13.7. The molecule has 6 nitrogen and oxygen atoms in total. The van der Waals surface area contributed by atoms with Gasteiger partial charge in [-0.15, -0.1) is 0 Å². The van der Waals surface area contributed by atoms with Crippen LogP contribution in [0, 0.1) is 5.92 Å². The van der Waals surface area contributed by atoms with Crippen LogP contribution in [0.25, 0.3) is 0 Å². The number of carbonyl (C=O) groups is 1. The van der Waals surface area contributed by atoms with E-state index in [0.717, 1.165) is 31.4 Å². The third kappa shape index (κ3) is 5.72. The Morgan fingerprint density at radius 3 is 2.72 bits per heavy atom. The fourth-order valence-corrected chi connectivity index (χ4v) is 4.65. The lowest BCUT2D eigenvalue weighted by Gasteiger charge is -2.18. The summed E-state index contributed by atoms with van der Waals surface area (Å²) in [4.78, 5) is 12.4. The second-order valence-electron chi connectivity index (χ2n) is 7.08. The van der Waals surface area contributed by atoms with Gasteiger partial charge < -0.3 is 0 Å². The molecule has 1 aliphatic rings. The van der Waals surface area contributed by atoms with Gasteiger partial charge in [0.25, 0.3) is 15.9 Å². The highest BCUT2D eigenvalue weighted by atomic mass is 35.5. The number of hydrogen-bond acceptors (Lipinski definition) is 4. The molecule has 0 bridgehead atoms. The van der Waals surface area contributed by atoms with Crippen LogP contribution in [-0.4, -0.2) is 20.0 Å². The molecule has 0 heterocycles. The molecule has 2 aromatic rings. The normalized spacial score (nSPS) is 18.4. The summed E-state index contributed by atoms with van der Waals surface area (Å²) in [7, 11) is -3.96. The lowest BCUT2D eigenvalue weighted by Crippen LogP contribution is -2.22. The smallest absolute Gasteiger partial charge is 0.271 e. The molecule has 3 rings (SSSR count). The van der Waals surface area contributed by atoms with Crippen molar-refractivity contribution in [3.63, 3.8) is 0 Å². The number of amides is 1. The molecule has 0 saturated heterocycles. The SMILES string of the molecule is CC1CCC/C(=N\NC(=O)c2cccc(S(=O)(=O)Nc3cc(Cl)ccc3Cl)c2)C1. The summed E-state index contributed by atoms with van der Waals surface area (Å²) < 4.78 is 27.8. The van der Waals surface area contributed by atoms with E-state index in [-0.39, 0.29) is 21.2 Å². The number of nitrogens with zero attached hydrogens (tertiary/aromatic N) is 1. The second kappa shape index (κ2) is 9.15. The largest absolute Gasteiger partial charge is 0.278 e. The molecule has 29 heavy (non-hydrogen) atoms. The Morgan fingerprint density at radius 1 is 1.17 bits per heavy atom. The molecule has 0 radical (unpaired) electrons. The Labute approximate surface area is 180 Å². The molecule has 0 aliphatic heterocycles. The van der Waals surface area contributed by atoms with Gasteiger partial charge in [-0.2, -0.15) is 5.10 Å². The molecule has 1 atom stereocenters. The monoisotopic (exact) mass is 453 g/mol.